The van der Waals surface area contributed by atoms with Crippen LogP contribution in [0.2, 0.25) is 0 Å². The van der Waals surface area contributed by atoms with Crippen molar-refractivity contribution in [2.45, 2.75) is 11.8 Å². The van der Waals surface area contributed by atoms with Crippen LogP contribution in [0.3, 0.4) is 0 Å². The summed E-state index contributed by atoms with van der Waals surface area (Å²) < 4.78 is 49.7. The number of aryl methyl sites for hydroxylation is 1. The normalized spacial score (nSPS) is 11.8. The van der Waals surface area contributed by atoms with Crippen LogP contribution in [-0.4, -0.2) is 19.7 Å². The smallest absolute Gasteiger partial charge is 0.175 e. The van der Waals surface area contributed by atoms with Crippen molar-refractivity contribution in [2.24, 2.45) is 0 Å². The quantitative estimate of drug-likeness (QED) is 0.715. The van der Waals surface area contributed by atoms with Gasteiger partial charge in [0.15, 0.2) is 21.5 Å². The maximum Gasteiger partial charge on any atom is 0.175 e. The van der Waals surface area contributed by atoms with Gasteiger partial charge in [-0.3, -0.25) is 0 Å². The van der Waals surface area contributed by atoms with Crippen LogP contribution in [0.1, 0.15) is 5.56 Å². The Morgan fingerprint density at radius 2 is 1.57 bits per heavy atom. The molecule has 0 aliphatic rings. The number of halogens is 2. The molecule has 2 aromatic carbocycles. The first kappa shape index (κ1) is 15.6. The van der Waals surface area contributed by atoms with Gasteiger partial charge in [-0.1, -0.05) is 12.1 Å². The number of rotatable bonds is 2. The van der Waals surface area contributed by atoms with Gasteiger partial charge in [-0.05, 0) is 36.8 Å². The Hall–Kier alpha value is -2.34. The molecule has 0 aliphatic carbocycles. The van der Waals surface area contributed by atoms with Gasteiger partial charge < -0.3 is 0 Å². The highest BCUT2D eigenvalue weighted by atomic mass is 32.2. The highest BCUT2D eigenvalue weighted by molar-refractivity contribution is 7.90. The third kappa shape index (κ3) is 2.94. The lowest BCUT2D eigenvalue weighted by molar-refractivity contribution is 0.510. The van der Waals surface area contributed by atoms with Gasteiger partial charge in [-0.2, -0.15) is 0 Å². The number of fused-ring (bicyclic) bond motifs is 1. The van der Waals surface area contributed by atoms with Crippen LogP contribution in [-0.2, 0) is 9.84 Å². The zero-order chi connectivity index (χ0) is 16.8. The van der Waals surface area contributed by atoms with Crippen LogP contribution < -0.4 is 0 Å². The molecular formula is C17H13F2NO2S. The number of sulfone groups is 1. The first-order chi connectivity index (χ1) is 10.8. The van der Waals surface area contributed by atoms with Gasteiger partial charge in [-0.15, -0.1) is 0 Å². The fourth-order valence-corrected chi connectivity index (χ4v) is 3.04. The highest BCUT2D eigenvalue weighted by Crippen LogP contribution is 2.26. The van der Waals surface area contributed by atoms with Gasteiger partial charge in [0.1, 0.15) is 0 Å². The van der Waals surface area contributed by atoms with Gasteiger partial charge in [0.2, 0.25) is 0 Å². The number of aromatic nitrogens is 1. The van der Waals surface area contributed by atoms with Crippen LogP contribution in [0.4, 0.5) is 8.78 Å². The van der Waals surface area contributed by atoms with Crippen LogP contribution >= 0.6 is 0 Å². The lowest BCUT2D eigenvalue weighted by atomic mass is 10.0. The van der Waals surface area contributed by atoms with Crippen molar-refractivity contribution < 1.29 is 17.2 Å². The molecular weight excluding hydrogens is 320 g/mol. The van der Waals surface area contributed by atoms with E-state index in [2.05, 4.69) is 4.98 Å². The van der Waals surface area contributed by atoms with Crippen LogP contribution in [0, 0.1) is 18.6 Å². The average molecular weight is 333 g/mol. The largest absolute Gasteiger partial charge is 0.248 e. The van der Waals surface area contributed by atoms with Crippen molar-refractivity contribution in [3.63, 3.8) is 0 Å². The first-order valence-corrected chi connectivity index (χ1v) is 8.72. The second-order valence-corrected chi connectivity index (χ2v) is 7.42. The van der Waals surface area contributed by atoms with Crippen molar-refractivity contribution in [1.29, 1.82) is 0 Å². The molecule has 118 valence electrons. The van der Waals surface area contributed by atoms with Crippen LogP contribution in [0.5, 0.6) is 0 Å². The van der Waals surface area contributed by atoms with Crippen LogP contribution in [0.15, 0.2) is 47.4 Å². The second-order valence-electron chi connectivity index (χ2n) is 5.40. The highest BCUT2D eigenvalue weighted by Gasteiger charge is 2.11. The molecule has 3 nitrogen and oxygen atoms in total. The number of hydrogen-bond acceptors (Lipinski definition) is 3. The lowest BCUT2D eigenvalue weighted by Gasteiger charge is -2.08. The summed E-state index contributed by atoms with van der Waals surface area (Å²) in [5.74, 6) is -1.86. The minimum absolute atomic E-state index is 0.215. The molecule has 0 bridgehead atoms. The van der Waals surface area contributed by atoms with Crippen LogP contribution in [0.25, 0.3) is 22.2 Å². The SMILES string of the molecule is Cc1cc(-c2ccc(S(C)(=O)=O)cc2)nc2cc(F)c(F)cc12. The molecule has 1 aromatic heterocycles. The van der Waals surface area contributed by atoms with E-state index in [1.807, 2.05) is 0 Å². The molecule has 0 radical (unpaired) electrons. The Labute approximate surface area is 132 Å². The van der Waals surface area contributed by atoms with E-state index in [0.717, 1.165) is 24.0 Å². The predicted octanol–water partition coefficient (Wildman–Crippen LogP) is 3.89. The molecule has 0 aliphatic heterocycles. The fourth-order valence-electron chi connectivity index (χ4n) is 2.41. The molecule has 1 heterocycles. The summed E-state index contributed by atoms with van der Waals surface area (Å²) in [6.45, 7) is 1.79. The molecule has 23 heavy (non-hydrogen) atoms. The van der Waals surface area contributed by atoms with E-state index in [4.69, 9.17) is 0 Å². The molecule has 3 aromatic rings. The van der Waals surface area contributed by atoms with Crippen molar-refractivity contribution in [1.82, 2.24) is 4.98 Å². The topological polar surface area (TPSA) is 47.0 Å². The van der Waals surface area contributed by atoms with E-state index >= 15 is 0 Å². The maximum absolute atomic E-state index is 13.4. The summed E-state index contributed by atoms with van der Waals surface area (Å²) in [7, 11) is -3.27. The third-order valence-electron chi connectivity index (χ3n) is 3.64. The zero-order valence-corrected chi connectivity index (χ0v) is 13.3. The van der Waals surface area contributed by atoms with Crippen molar-refractivity contribution in [3.05, 3.63) is 59.7 Å². The number of nitrogens with zero attached hydrogens (tertiary/aromatic N) is 1. The van der Waals surface area contributed by atoms with E-state index in [0.29, 0.717) is 22.2 Å². The van der Waals surface area contributed by atoms with Gasteiger partial charge in [0.05, 0.1) is 16.1 Å². The predicted molar refractivity (Wildman–Crippen MR) is 84.9 cm³/mol. The minimum Gasteiger partial charge on any atom is -0.248 e. The average Bonchev–Trinajstić information content (AvgIpc) is 2.48. The molecule has 0 fully saturated rings. The van der Waals surface area contributed by atoms with Crippen molar-refractivity contribution in [2.75, 3.05) is 6.26 Å². The molecule has 3 rings (SSSR count). The van der Waals surface area contributed by atoms with Crippen molar-refractivity contribution in [3.8, 4) is 11.3 Å². The maximum atomic E-state index is 13.4. The van der Waals surface area contributed by atoms with Gasteiger partial charge in [0, 0.05) is 23.3 Å². The molecule has 0 saturated heterocycles. The summed E-state index contributed by atoms with van der Waals surface area (Å²) in [6, 6.07) is 10.2. The van der Waals surface area contributed by atoms with E-state index < -0.39 is 21.5 Å². The number of pyridine rings is 1. The van der Waals surface area contributed by atoms with E-state index in [9.17, 15) is 17.2 Å². The summed E-state index contributed by atoms with van der Waals surface area (Å²) >= 11 is 0. The first-order valence-electron chi connectivity index (χ1n) is 6.82. The Morgan fingerprint density at radius 1 is 0.957 bits per heavy atom. The molecule has 0 N–H and O–H groups in total. The molecule has 0 saturated carbocycles. The minimum atomic E-state index is -3.27. The monoisotopic (exact) mass is 333 g/mol. The number of hydrogen-bond donors (Lipinski definition) is 0. The summed E-state index contributed by atoms with van der Waals surface area (Å²) in [5, 5.41) is 0.542. The molecule has 0 atom stereocenters. The molecule has 6 heteroatoms. The Bertz CT molecular complexity index is 1010. The Balaban J connectivity index is 2.15. The van der Waals surface area contributed by atoms with Crippen molar-refractivity contribution >= 4 is 20.7 Å². The summed E-state index contributed by atoms with van der Waals surface area (Å²) in [6.07, 6.45) is 1.14. The van der Waals surface area contributed by atoms with E-state index in [-0.39, 0.29) is 4.90 Å². The van der Waals surface area contributed by atoms with E-state index in [1.165, 1.54) is 12.1 Å². The molecule has 0 spiro atoms. The molecule has 0 amide bonds. The summed E-state index contributed by atoms with van der Waals surface area (Å²) in [5.41, 5.74) is 2.38. The lowest BCUT2D eigenvalue weighted by Crippen LogP contribution is -1.97. The van der Waals surface area contributed by atoms with Gasteiger partial charge in [-0.25, -0.2) is 22.2 Å². The Kier molecular flexibility index (Phi) is 3.64. The Morgan fingerprint density at radius 3 is 2.17 bits per heavy atom. The second kappa shape index (κ2) is 5.38. The van der Waals surface area contributed by atoms with E-state index in [1.54, 1.807) is 25.1 Å². The van der Waals surface area contributed by atoms with Gasteiger partial charge >= 0.3 is 0 Å². The summed E-state index contributed by atoms with van der Waals surface area (Å²) in [4.78, 5) is 4.56. The van der Waals surface area contributed by atoms with Gasteiger partial charge in [0.25, 0.3) is 0 Å². The number of benzene rings is 2. The molecule has 0 unspecified atom stereocenters. The third-order valence-corrected chi connectivity index (χ3v) is 4.76. The zero-order valence-electron chi connectivity index (χ0n) is 12.5. The fraction of sp³-hybridized carbons (Fsp3) is 0.118. The standard InChI is InChI=1S/C17H13F2NO2S/c1-10-7-16(11-3-5-12(6-4-11)23(2,21)22)20-17-9-15(19)14(18)8-13(10)17/h3-9H,1-2H3.